The summed E-state index contributed by atoms with van der Waals surface area (Å²) in [5.74, 6) is -1.83. The molecule has 3 unspecified atom stereocenters. The lowest BCUT2D eigenvalue weighted by molar-refractivity contribution is -0.136. The first-order valence-corrected chi connectivity index (χ1v) is 10.7. The van der Waals surface area contributed by atoms with Gasteiger partial charge in [-0.1, -0.05) is 12.1 Å². The third kappa shape index (κ3) is 3.15. The highest BCUT2D eigenvalue weighted by Gasteiger charge is 2.45. The maximum absolute atomic E-state index is 13.2. The van der Waals surface area contributed by atoms with Crippen molar-refractivity contribution in [3.8, 4) is 0 Å². The largest absolute Gasteiger partial charge is 0.311 e. The Morgan fingerprint density at radius 3 is 2.47 bits per heavy atom. The Labute approximate surface area is 175 Å². The monoisotopic (exact) mass is 410 g/mol. The van der Waals surface area contributed by atoms with E-state index in [0.29, 0.717) is 35.8 Å². The van der Waals surface area contributed by atoms with Crippen molar-refractivity contribution in [2.75, 3.05) is 7.05 Å². The van der Waals surface area contributed by atoms with Crippen LogP contribution < -0.4 is 10.6 Å². The van der Waals surface area contributed by atoms with E-state index in [1.807, 2.05) is 6.07 Å². The van der Waals surface area contributed by atoms with Crippen molar-refractivity contribution in [2.24, 2.45) is 0 Å². The molecule has 4 amide bonds. The molecule has 4 aliphatic heterocycles. The molecule has 3 atom stereocenters. The van der Waals surface area contributed by atoms with Crippen molar-refractivity contribution in [3.05, 3.63) is 34.9 Å². The van der Waals surface area contributed by atoms with E-state index >= 15 is 0 Å². The van der Waals surface area contributed by atoms with Gasteiger partial charge >= 0.3 is 0 Å². The molecule has 1 aromatic rings. The number of imide groups is 2. The van der Waals surface area contributed by atoms with E-state index in [-0.39, 0.29) is 18.7 Å². The van der Waals surface area contributed by atoms with E-state index in [2.05, 4.69) is 22.6 Å². The van der Waals surface area contributed by atoms with Crippen molar-refractivity contribution in [1.82, 2.24) is 20.4 Å². The van der Waals surface area contributed by atoms with E-state index in [0.717, 1.165) is 23.3 Å². The first kappa shape index (κ1) is 19.4. The lowest BCUT2D eigenvalue weighted by Gasteiger charge is -2.35. The van der Waals surface area contributed by atoms with Gasteiger partial charge in [0.1, 0.15) is 6.04 Å². The van der Waals surface area contributed by atoms with E-state index < -0.39 is 23.8 Å². The molecule has 1 aromatic carbocycles. The van der Waals surface area contributed by atoms with Crippen molar-refractivity contribution in [2.45, 2.75) is 69.2 Å². The fraction of sp³-hybridized carbons (Fsp3) is 0.545. The van der Waals surface area contributed by atoms with Crippen LogP contribution in [-0.4, -0.2) is 64.6 Å². The summed E-state index contributed by atoms with van der Waals surface area (Å²) in [4.78, 5) is 53.3. The molecule has 0 aromatic heterocycles. The second-order valence-electron chi connectivity index (χ2n) is 8.97. The van der Waals surface area contributed by atoms with Crippen LogP contribution in [0.3, 0.4) is 0 Å². The number of amides is 4. The molecule has 0 radical (unpaired) electrons. The lowest BCUT2D eigenvalue weighted by Crippen LogP contribution is -2.54. The molecule has 158 valence electrons. The normalized spacial score (nSPS) is 30.8. The summed E-state index contributed by atoms with van der Waals surface area (Å²) in [7, 11) is 2.08. The quantitative estimate of drug-likeness (QED) is 0.713. The Kier molecular flexibility index (Phi) is 4.71. The predicted octanol–water partition coefficient (Wildman–Crippen LogP) is 0.803. The molecule has 3 fully saturated rings. The summed E-state index contributed by atoms with van der Waals surface area (Å²) in [5.41, 5.74) is 1.56. The molecule has 30 heavy (non-hydrogen) atoms. The van der Waals surface area contributed by atoms with Crippen LogP contribution in [0.4, 0.5) is 0 Å². The van der Waals surface area contributed by atoms with Gasteiger partial charge in [-0.2, -0.15) is 0 Å². The van der Waals surface area contributed by atoms with Crippen LogP contribution in [0.25, 0.3) is 0 Å². The summed E-state index contributed by atoms with van der Waals surface area (Å²) in [5, 5.41) is 5.89. The molecule has 5 rings (SSSR count). The number of nitrogens with zero attached hydrogens (tertiary/aromatic N) is 2. The number of carbonyl (C=O) groups is 4. The predicted molar refractivity (Wildman–Crippen MR) is 108 cm³/mol. The minimum Gasteiger partial charge on any atom is -0.311 e. The van der Waals surface area contributed by atoms with Crippen molar-refractivity contribution in [3.63, 3.8) is 0 Å². The Hall–Kier alpha value is -2.58. The zero-order chi connectivity index (χ0) is 21.0. The maximum atomic E-state index is 13.2. The highest BCUT2D eigenvalue weighted by molar-refractivity contribution is 6.24. The molecule has 0 spiro atoms. The summed E-state index contributed by atoms with van der Waals surface area (Å²) in [6.45, 7) is 0.579. The Balaban J connectivity index is 1.38. The fourth-order valence-electron chi connectivity index (χ4n) is 5.50. The molecule has 8 nitrogen and oxygen atoms in total. The van der Waals surface area contributed by atoms with Crippen LogP contribution in [0.1, 0.15) is 64.8 Å². The van der Waals surface area contributed by atoms with Crippen molar-refractivity contribution >= 4 is 23.6 Å². The topological polar surface area (TPSA) is 98.8 Å². The number of benzene rings is 1. The maximum Gasteiger partial charge on any atom is 0.262 e. The molecule has 2 bridgehead atoms. The summed E-state index contributed by atoms with van der Waals surface area (Å²) >= 11 is 0. The second kappa shape index (κ2) is 7.28. The standard InChI is InChI=1S/C22H26N4O4/c1-25(15-9-13-5-6-14(10-15)23-13)11-12-3-2-4-16-19(12)22(30)26(21(16)29)17-7-8-18(27)24-20(17)28/h2-4,13-15,17,23H,5-11H2,1H3,(H,24,27,28). The van der Waals surface area contributed by atoms with E-state index in [1.165, 1.54) is 12.8 Å². The van der Waals surface area contributed by atoms with Gasteiger partial charge in [0.15, 0.2) is 0 Å². The van der Waals surface area contributed by atoms with E-state index in [4.69, 9.17) is 0 Å². The molecule has 4 heterocycles. The van der Waals surface area contributed by atoms with Gasteiger partial charge in [-0.3, -0.25) is 34.3 Å². The summed E-state index contributed by atoms with van der Waals surface area (Å²) in [6, 6.07) is 6.00. The number of carbonyl (C=O) groups excluding carboxylic acids is 4. The zero-order valence-corrected chi connectivity index (χ0v) is 17.0. The number of rotatable bonds is 4. The second-order valence-corrected chi connectivity index (χ2v) is 8.97. The smallest absolute Gasteiger partial charge is 0.262 e. The third-order valence-electron chi connectivity index (χ3n) is 7.05. The average Bonchev–Trinajstić information content (AvgIpc) is 3.18. The van der Waals surface area contributed by atoms with Crippen LogP contribution in [0.5, 0.6) is 0 Å². The molecule has 4 aliphatic rings. The molecule has 3 saturated heterocycles. The number of fused-ring (bicyclic) bond motifs is 3. The SMILES string of the molecule is CN(Cc1cccc2c1C(=O)N(C1CCC(=O)NC1=O)C2=O)C1CC2CCC(C1)N2. The van der Waals surface area contributed by atoms with E-state index in [9.17, 15) is 19.2 Å². The van der Waals surface area contributed by atoms with Crippen molar-refractivity contribution < 1.29 is 19.2 Å². The van der Waals surface area contributed by atoms with E-state index in [1.54, 1.807) is 12.1 Å². The molecule has 8 heteroatoms. The Morgan fingerprint density at radius 2 is 1.77 bits per heavy atom. The summed E-state index contributed by atoms with van der Waals surface area (Å²) in [6.07, 6.45) is 4.93. The Bertz CT molecular complexity index is 933. The molecular formula is C22H26N4O4. The van der Waals surface area contributed by atoms with Crippen LogP contribution in [0.15, 0.2) is 18.2 Å². The Morgan fingerprint density at radius 1 is 1.03 bits per heavy atom. The van der Waals surface area contributed by atoms with Gasteiger partial charge in [0.25, 0.3) is 11.8 Å². The van der Waals surface area contributed by atoms with Gasteiger partial charge in [-0.05, 0) is 50.8 Å². The van der Waals surface area contributed by atoms with Gasteiger partial charge in [-0.25, -0.2) is 0 Å². The lowest BCUT2D eigenvalue weighted by atomic mass is 9.97. The molecular weight excluding hydrogens is 384 g/mol. The van der Waals surface area contributed by atoms with Gasteiger partial charge in [0, 0.05) is 31.1 Å². The number of hydrogen-bond donors (Lipinski definition) is 2. The highest BCUT2D eigenvalue weighted by Crippen LogP contribution is 2.33. The number of piperidine rings is 2. The van der Waals surface area contributed by atoms with Gasteiger partial charge in [0.2, 0.25) is 11.8 Å². The molecule has 0 aliphatic carbocycles. The molecule has 2 N–H and O–H groups in total. The third-order valence-corrected chi connectivity index (χ3v) is 7.05. The van der Waals surface area contributed by atoms with Gasteiger partial charge in [0.05, 0.1) is 11.1 Å². The summed E-state index contributed by atoms with van der Waals surface area (Å²) < 4.78 is 0. The number of hydrogen-bond acceptors (Lipinski definition) is 6. The minimum absolute atomic E-state index is 0.122. The fourth-order valence-corrected chi connectivity index (χ4v) is 5.50. The zero-order valence-electron chi connectivity index (χ0n) is 17.0. The number of nitrogens with one attached hydrogen (secondary N) is 2. The first-order chi connectivity index (χ1) is 14.4. The minimum atomic E-state index is -0.930. The van der Waals surface area contributed by atoms with Crippen LogP contribution in [0.2, 0.25) is 0 Å². The molecule has 0 saturated carbocycles. The average molecular weight is 410 g/mol. The van der Waals surface area contributed by atoms with Crippen LogP contribution in [0, 0.1) is 0 Å². The van der Waals surface area contributed by atoms with Gasteiger partial charge < -0.3 is 5.32 Å². The van der Waals surface area contributed by atoms with Crippen LogP contribution in [-0.2, 0) is 16.1 Å². The van der Waals surface area contributed by atoms with Gasteiger partial charge in [-0.15, -0.1) is 0 Å². The van der Waals surface area contributed by atoms with Crippen molar-refractivity contribution in [1.29, 1.82) is 0 Å². The first-order valence-electron chi connectivity index (χ1n) is 10.7. The highest BCUT2D eigenvalue weighted by atomic mass is 16.2. The van der Waals surface area contributed by atoms with Crippen LogP contribution >= 0.6 is 0 Å².